The maximum Gasteiger partial charge on any atom is 0.493 e. The van der Waals surface area contributed by atoms with Gasteiger partial charge in [-0.2, -0.15) is 0 Å². The molecular weight excluding hydrogens is 273 g/mol. The largest absolute Gasteiger partial charge is 0.493 e. The third-order valence-corrected chi connectivity index (χ3v) is 3.90. The average molecular weight is 296 g/mol. The number of unbranched alkanes of at least 4 members (excludes halogenated alkanes) is 4. The van der Waals surface area contributed by atoms with Crippen molar-refractivity contribution in [3.63, 3.8) is 0 Å². The van der Waals surface area contributed by atoms with Crippen LogP contribution in [0.15, 0.2) is 18.2 Å². The summed E-state index contributed by atoms with van der Waals surface area (Å²) in [5.74, 6) is -1.30. The van der Waals surface area contributed by atoms with Gasteiger partial charge in [0, 0.05) is 19.1 Å². The van der Waals surface area contributed by atoms with E-state index < -0.39 is 18.8 Å². The first-order valence-electron chi connectivity index (χ1n) is 7.89. The Labute approximate surface area is 126 Å². The molecule has 21 heavy (non-hydrogen) atoms. The van der Waals surface area contributed by atoms with Gasteiger partial charge in [0.05, 0.1) is 0 Å². The second-order valence-corrected chi connectivity index (χ2v) is 5.74. The van der Waals surface area contributed by atoms with Crippen LogP contribution in [0.2, 0.25) is 0 Å². The fraction of sp³-hybridized carbons (Fsp3) is 0.625. The van der Waals surface area contributed by atoms with E-state index in [1.807, 2.05) is 0 Å². The molecule has 5 heteroatoms. The Morgan fingerprint density at radius 2 is 1.76 bits per heavy atom. The molecule has 0 N–H and O–H groups in total. The monoisotopic (exact) mass is 296 g/mol. The number of benzene rings is 1. The van der Waals surface area contributed by atoms with E-state index in [-0.39, 0.29) is 0 Å². The zero-order valence-corrected chi connectivity index (χ0v) is 12.6. The highest BCUT2D eigenvalue weighted by Crippen LogP contribution is 2.17. The summed E-state index contributed by atoms with van der Waals surface area (Å²) < 4.78 is 37.4. The number of halogens is 2. The predicted molar refractivity (Wildman–Crippen MR) is 80.5 cm³/mol. The van der Waals surface area contributed by atoms with Crippen molar-refractivity contribution in [2.45, 2.75) is 45.4 Å². The van der Waals surface area contributed by atoms with Crippen LogP contribution in [-0.4, -0.2) is 20.3 Å². The third kappa shape index (κ3) is 5.08. The Hall–Kier alpha value is -0.935. The highest BCUT2D eigenvalue weighted by molar-refractivity contribution is 6.61. The molecule has 0 atom stereocenters. The summed E-state index contributed by atoms with van der Waals surface area (Å²) in [5.41, 5.74) is 0.537. The maximum absolute atomic E-state index is 13.2. The lowest BCUT2D eigenvalue weighted by Crippen LogP contribution is -2.44. The lowest BCUT2D eigenvalue weighted by Gasteiger charge is -2.27. The molecule has 0 unspecified atom stereocenters. The first-order valence-corrected chi connectivity index (χ1v) is 7.89. The van der Waals surface area contributed by atoms with Gasteiger partial charge in [0.1, 0.15) is 0 Å². The number of rotatable bonds is 7. The van der Waals surface area contributed by atoms with Gasteiger partial charge in [-0.05, 0) is 24.0 Å². The molecular formula is C16H23BF2O2. The predicted octanol–water partition coefficient (Wildman–Crippen LogP) is 3.68. The van der Waals surface area contributed by atoms with Gasteiger partial charge in [0.2, 0.25) is 0 Å². The Bertz CT molecular complexity index is 434. The van der Waals surface area contributed by atoms with Crippen molar-refractivity contribution >= 4 is 12.6 Å². The summed E-state index contributed by atoms with van der Waals surface area (Å²) in [4.78, 5) is 0. The minimum Gasteiger partial charge on any atom is -0.407 e. The Morgan fingerprint density at radius 3 is 2.43 bits per heavy atom. The van der Waals surface area contributed by atoms with E-state index in [0.29, 0.717) is 24.6 Å². The molecule has 1 fully saturated rings. The standard InChI is InChI=1S/C16H23BF2O2/c1-2-3-4-5-6-7-13-11-20-17(21-12-13)14-8-9-15(18)16(19)10-14/h8-10,13H,2-7,11-12H2,1H3. The minimum absolute atomic E-state index is 0.410. The summed E-state index contributed by atoms with van der Waals surface area (Å²) in [5, 5.41) is 0. The van der Waals surface area contributed by atoms with Crippen LogP contribution in [0.5, 0.6) is 0 Å². The van der Waals surface area contributed by atoms with Crippen LogP contribution in [0.25, 0.3) is 0 Å². The van der Waals surface area contributed by atoms with Crippen LogP contribution in [0.4, 0.5) is 8.78 Å². The van der Waals surface area contributed by atoms with Crippen molar-refractivity contribution in [1.29, 1.82) is 0 Å². The van der Waals surface area contributed by atoms with Gasteiger partial charge in [-0.15, -0.1) is 0 Å². The fourth-order valence-corrected chi connectivity index (χ4v) is 2.60. The molecule has 0 aliphatic carbocycles. The molecule has 0 amide bonds. The summed E-state index contributed by atoms with van der Waals surface area (Å²) >= 11 is 0. The quantitative estimate of drug-likeness (QED) is 0.564. The van der Waals surface area contributed by atoms with Crippen LogP contribution < -0.4 is 5.46 Å². The Balaban J connectivity index is 1.71. The Kier molecular flexibility index (Phi) is 6.65. The second kappa shape index (κ2) is 8.49. The van der Waals surface area contributed by atoms with Crippen molar-refractivity contribution in [2.24, 2.45) is 5.92 Å². The zero-order chi connectivity index (χ0) is 15.1. The molecule has 2 rings (SSSR count). The molecule has 116 valence electrons. The molecule has 1 heterocycles. The molecule has 1 aromatic rings. The lowest BCUT2D eigenvalue weighted by molar-refractivity contribution is 0.0810. The van der Waals surface area contributed by atoms with Gasteiger partial charge < -0.3 is 9.31 Å². The highest BCUT2D eigenvalue weighted by atomic mass is 19.2. The molecule has 0 radical (unpaired) electrons. The second-order valence-electron chi connectivity index (χ2n) is 5.74. The van der Waals surface area contributed by atoms with E-state index in [4.69, 9.17) is 9.31 Å². The van der Waals surface area contributed by atoms with Crippen LogP contribution >= 0.6 is 0 Å². The van der Waals surface area contributed by atoms with E-state index in [2.05, 4.69) is 6.92 Å². The Morgan fingerprint density at radius 1 is 1.05 bits per heavy atom. The van der Waals surface area contributed by atoms with Gasteiger partial charge in [-0.1, -0.05) is 45.1 Å². The highest BCUT2D eigenvalue weighted by Gasteiger charge is 2.29. The van der Waals surface area contributed by atoms with Crippen LogP contribution in [0.3, 0.4) is 0 Å². The van der Waals surface area contributed by atoms with E-state index in [1.165, 1.54) is 38.2 Å². The van der Waals surface area contributed by atoms with Crippen molar-refractivity contribution in [1.82, 2.24) is 0 Å². The van der Waals surface area contributed by atoms with Crippen LogP contribution in [0, 0.1) is 17.6 Å². The van der Waals surface area contributed by atoms with Gasteiger partial charge in [0.15, 0.2) is 11.6 Å². The first-order chi connectivity index (χ1) is 10.2. The van der Waals surface area contributed by atoms with Crippen molar-refractivity contribution in [3.8, 4) is 0 Å². The molecule has 0 spiro atoms. The SMILES string of the molecule is CCCCCCCC1COB(c2ccc(F)c(F)c2)OC1. The molecule has 1 aromatic carbocycles. The van der Waals surface area contributed by atoms with Crippen LogP contribution in [-0.2, 0) is 9.31 Å². The van der Waals surface area contributed by atoms with Gasteiger partial charge in [0.25, 0.3) is 0 Å². The van der Waals surface area contributed by atoms with Crippen LogP contribution in [0.1, 0.15) is 45.4 Å². The van der Waals surface area contributed by atoms with Crippen molar-refractivity contribution in [3.05, 3.63) is 29.8 Å². The minimum atomic E-state index is -0.863. The van der Waals surface area contributed by atoms with Gasteiger partial charge in [-0.25, -0.2) is 8.78 Å². The number of hydrogen-bond acceptors (Lipinski definition) is 2. The lowest BCUT2D eigenvalue weighted by atomic mass is 9.77. The average Bonchev–Trinajstić information content (AvgIpc) is 2.50. The summed E-state index contributed by atoms with van der Waals surface area (Å²) in [6, 6.07) is 3.76. The normalized spacial score (nSPS) is 16.4. The summed E-state index contributed by atoms with van der Waals surface area (Å²) in [6.07, 6.45) is 7.42. The van der Waals surface area contributed by atoms with E-state index >= 15 is 0 Å². The smallest absolute Gasteiger partial charge is 0.407 e. The first kappa shape index (κ1) is 16.4. The third-order valence-electron chi connectivity index (χ3n) is 3.90. The molecule has 0 aromatic heterocycles. The zero-order valence-electron chi connectivity index (χ0n) is 12.6. The molecule has 1 aliphatic heterocycles. The van der Waals surface area contributed by atoms with Crippen molar-refractivity contribution < 1.29 is 18.1 Å². The van der Waals surface area contributed by atoms with Gasteiger partial charge >= 0.3 is 7.12 Å². The maximum atomic E-state index is 13.2. The molecule has 0 saturated carbocycles. The molecule has 1 saturated heterocycles. The topological polar surface area (TPSA) is 18.5 Å². The molecule has 0 bridgehead atoms. The summed E-state index contributed by atoms with van der Waals surface area (Å²) in [7, 11) is -0.573. The summed E-state index contributed by atoms with van der Waals surface area (Å²) in [6.45, 7) is 3.45. The fourth-order valence-electron chi connectivity index (χ4n) is 2.60. The van der Waals surface area contributed by atoms with E-state index in [0.717, 1.165) is 18.6 Å². The molecule has 1 aliphatic rings. The van der Waals surface area contributed by atoms with Gasteiger partial charge in [-0.3, -0.25) is 0 Å². The number of hydrogen-bond donors (Lipinski definition) is 0. The van der Waals surface area contributed by atoms with E-state index in [9.17, 15) is 8.78 Å². The molecule has 2 nitrogen and oxygen atoms in total. The van der Waals surface area contributed by atoms with E-state index in [1.54, 1.807) is 0 Å². The van der Waals surface area contributed by atoms with Crippen molar-refractivity contribution in [2.75, 3.05) is 13.2 Å².